The lowest BCUT2D eigenvalue weighted by atomic mass is 9.95. The monoisotopic (exact) mass is 456 g/mol. The Morgan fingerprint density at radius 1 is 1.10 bits per heavy atom. The van der Waals surface area contributed by atoms with Crippen molar-refractivity contribution >= 4 is 45.5 Å². The van der Waals surface area contributed by atoms with Crippen LogP contribution >= 0.6 is 22.9 Å². The quantitative estimate of drug-likeness (QED) is 0.347. The normalized spacial score (nSPS) is 17.8. The summed E-state index contributed by atoms with van der Waals surface area (Å²) in [6.45, 7) is 0. The number of carbonyl (C=O) groups is 2. The van der Waals surface area contributed by atoms with Crippen LogP contribution in [-0.2, 0) is 9.59 Å². The number of aliphatic hydroxyl groups excluding tert-OH is 1. The largest absolute Gasteiger partial charge is 0.507 e. The number of hydrogen-bond donors (Lipinski definition) is 1. The summed E-state index contributed by atoms with van der Waals surface area (Å²) in [6.07, 6.45) is 1.55. The second-order valence-corrected chi connectivity index (χ2v) is 7.91. The number of hydrogen-bond acceptors (Lipinski definition) is 7. The summed E-state index contributed by atoms with van der Waals surface area (Å²) in [5.74, 6) is -0.951. The van der Waals surface area contributed by atoms with Crippen LogP contribution in [0.2, 0.25) is 5.02 Å². The molecule has 0 bridgehead atoms. The van der Waals surface area contributed by atoms with Crippen molar-refractivity contribution in [3.63, 3.8) is 0 Å². The van der Waals surface area contributed by atoms with Gasteiger partial charge in [-0.3, -0.25) is 14.5 Å². The molecule has 0 saturated carbocycles. The minimum atomic E-state index is -0.901. The lowest BCUT2D eigenvalue weighted by Crippen LogP contribution is -2.29. The molecule has 7 nitrogen and oxygen atoms in total. The first kappa shape index (κ1) is 20.9. The van der Waals surface area contributed by atoms with E-state index in [0.29, 0.717) is 32.8 Å². The molecule has 1 aromatic heterocycles. The molecule has 0 aliphatic carbocycles. The van der Waals surface area contributed by atoms with Crippen LogP contribution in [0.3, 0.4) is 0 Å². The van der Waals surface area contributed by atoms with Gasteiger partial charge in [0.1, 0.15) is 5.76 Å². The average Bonchev–Trinajstić information content (AvgIpc) is 3.40. The number of thiazole rings is 1. The third-order valence-corrected chi connectivity index (χ3v) is 5.93. The Morgan fingerprint density at radius 2 is 1.81 bits per heavy atom. The van der Waals surface area contributed by atoms with Gasteiger partial charge in [0.15, 0.2) is 16.6 Å². The topological polar surface area (TPSA) is 89.0 Å². The maximum atomic E-state index is 13.0. The van der Waals surface area contributed by atoms with E-state index in [1.54, 1.807) is 54.0 Å². The predicted molar refractivity (Wildman–Crippen MR) is 118 cm³/mol. The number of aliphatic hydroxyl groups is 1. The molecule has 0 radical (unpaired) electrons. The van der Waals surface area contributed by atoms with Crippen molar-refractivity contribution in [1.82, 2.24) is 4.98 Å². The molecular weight excluding hydrogens is 440 g/mol. The van der Waals surface area contributed by atoms with Gasteiger partial charge in [-0.25, -0.2) is 4.98 Å². The standard InChI is InChI=1S/C22H17ClN2O5S/c1-29-15-8-5-13(11-16(15)30-2)18-17(19(26)12-3-6-14(23)7-4-12)20(27)21(28)25(18)22-24-9-10-31-22/h3-11,18,26H,1-2H3/t18-/m1/s1. The lowest BCUT2D eigenvalue weighted by Gasteiger charge is -2.23. The highest BCUT2D eigenvalue weighted by Gasteiger charge is 2.48. The molecule has 0 spiro atoms. The summed E-state index contributed by atoms with van der Waals surface area (Å²) in [4.78, 5) is 31.5. The number of halogens is 1. The Balaban J connectivity index is 1.94. The van der Waals surface area contributed by atoms with Crippen molar-refractivity contribution in [3.05, 3.63) is 75.8 Å². The maximum Gasteiger partial charge on any atom is 0.301 e. The molecule has 1 fully saturated rings. The zero-order chi connectivity index (χ0) is 22.1. The maximum absolute atomic E-state index is 13.0. The Labute approximate surface area is 187 Å². The number of aromatic nitrogens is 1. The van der Waals surface area contributed by atoms with E-state index in [4.69, 9.17) is 21.1 Å². The fourth-order valence-electron chi connectivity index (χ4n) is 3.47. The first-order chi connectivity index (χ1) is 15.0. The number of amides is 1. The first-order valence-corrected chi connectivity index (χ1v) is 10.4. The van der Waals surface area contributed by atoms with Crippen LogP contribution in [0.15, 0.2) is 59.6 Å². The smallest absolute Gasteiger partial charge is 0.301 e. The molecular formula is C22H17ClN2O5S. The van der Waals surface area contributed by atoms with Crippen molar-refractivity contribution in [3.8, 4) is 11.5 Å². The summed E-state index contributed by atoms with van der Waals surface area (Å²) < 4.78 is 10.7. The zero-order valence-corrected chi connectivity index (χ0v) is 18.1. The highest BCUT2D eigenvalue weighted by atomic mass is 35.5. The van der Waals surface area contributed by atoms with Gasteiger partial charge in [-0.05, 0) is 42.0 Å². The summed E-state index contributed by atoms with van der Waals surface area (Å²) in [5.41, 5.74) is 0.879. The molecule has 0 unspecified atom stereocenters. The summed E-state index contributed by atoms with van der Waals surface area (Å²) in [7, 11) is 3.01. The van der Waals surface area contributed by atoms with E-state index in [1.165, 1.54) is 30.5 Å². The summed E-state index contributed by atoms with van der Waals surface area (Å²) in [6, 6.07) is 10.5. The average molecular weight is 457 g/mol. The van der Waals surface area contributed by atoms with Crippen molar-refractivity contribution in [2.24, 2.45) is 0 Å². The van der Waals surface area contributed by atoms with Crippen molar-refractivity contribution in [2.45, 2.75) is 6.04 Å². The van der Waals surface area contributed by atoms with E-state index < -0.39 is 17.7 Å². The molecule has 1 amide bonds. The van der Waals surface area contributed by atoms with Gasteiger partial charge in [-0.1, -0.05) is 17.7 Å². The Kier molecular flexibility index (Phi) is 5.67. The SMILES string of the molecule is COc1ccc([C@@H]2C(=C(O)c3ccc(Cl)cc3)C(=O)C(=O)N2c2nccs2)cc1OC. The van der Waals surface area contributed by atoms with Gasteiger partial charge in [0, 0.05) is 22.2 Å². The predicted octanol–water partition coefficient (Wildman–Crippen LogP) is 4.44. The van der Waals surface area contributed by atoms with Crippen LogP contribution in [0, 0.1) is 0 Å². The van der Waals surface area contributed by atoms with Crippen molar-refractivity contribution < 1.29 is 24.2 Å². The van der Waals surface area contributed by atoms with Crippen LogP contribution in [0.25, 0.3) is 5.76 Å². The zero-order valence-electron chi connectivity index (χ0n) is 16.5. The van der Waals surface area contributed by atoms with Gasteiger partial charge in [-0.2, -0.15) is 0 Å². The molecule has 4 rings (SSSR count). The highest BCUT2D eigenvalue weighted by Crippen LogP contribution is 2.44. The van der Waals surface area contributed by atoms with Crippen LogP contribution in [0.4, 0.5) is 5.13 Å². The minimum Gasteiger partial charge on any atom is -0.507 e. The lowest BCUT2D eigenvalue weighted by molar-refractivity contribution is -0.132. The summed E-state index contributed by atoms with van der Waals surface area (Å²) in [5, 5.41) is 13.6. The minimum absolute atomic E-state index is 0.0465. The van der Waals surface area contributed by atoms with Gasteiger partial charge in [-0.15, -0.1) is 11.3 Å². The molecule has 2 aromatic carbocycles. The third kappa shape index (κ3) is 3.64. The number of benzene rings is 2. The van der Waals surface area contributed by atoms with Gasteiger partial charge >= 0.3 is 5.91 Å². The molecule has 3 aromatic rings. The van der Waals surface area contributed by atoms with E-state index in [-0.39, 0.29) is 11.3 Å². The van der Waals surface area contributed by atoms with E-state index in [0.717, 1.165) is 0 Å². The van der Waals surface area contributed by atoms with Crippen LogP contribution in [0.5, 0.6) is 11.5 Å². The van der Waals surface area contributed by atoms with Crippen LogP contribution < -0.4 is 14.4 Å². The van der Waals surface area contributed by atoms with E-state index in [1.807, 2.05) is 0 Å². The highest BCUT2D eigenvalue weighted by molar-refractivity contribution is 7.14. The van der Waals surface area contributed by atoms with Crippen LogP contribution in [-0.4, -0.2) is 36.0 Å². The molecule has 1 atom stereocenters. The van der Waals surface area contributed by atoms with Gasteiger partial charge in [0.2, 0.25) is 0 Å². The fraction of sp³-hybridized carbons (Fsp3) is 0.136. The number of anilines is 1. The number of rotatable bonds is 5. The molecule has 1 saturated heterocycles. The Hall–Kier alpha value is -3.36. The number of Topliss-reactive ketones (excluding diaryl/α,β-unsaturated/α-hetero) is 1. The number of carbonyl (C=O) groups excluding carboxylic acids is 2. The van der Waals surface area contributed by atoms with Gasteiger partial charge in [0.25, 0.3) is 5.78 Å². The van der Waals surface area contributed by atoms with Gasteiger partial charge < -0.3 is 14.6 Å². The second kappa shape index (κ2) is 8.41. The van der Waals surface area contributed by atoms with E-state index >= 15 is 0 Å². The van der Waals surface area contributed by atoms with Gasteiger partial charge in [0.05, 0.1) is 25.8 Å². The number of ketones is 1. The second-order valence-electron chi connectivity index (χ2n) is 6.61. The van der Waals surface area contributed by atoms with Crippen molar-refractivity contribution in [1.29, 1.82) is 0 Å². The fourth-order valence-corrected chi connectivity index (χ4v) is 4.26. The molecule has 31 heavy (non-hydrogen) atoms. The molecule has 9 heteroatoms. The number of ether oxygens (including phenoxy) is 2. The molecule has 1 aliphatic rings. The number of methoxy groups -OCH3 is 2. The van der Waals surface area contributed by atoms with Crippen LogP contribution in [0.1, 0.15) is 17.2 Å². The Bertz CT molecular complexity index is 1180. The van der Waals surface area contributed by atoms with E-state index in [2.05, 4.69) is 4.98 Å². The molecule has 158 valence electrons. The number of nitrogens with zero attached hydrogens (tertiary/aromatic N) is 2. The van der Waals surface area contributed by atoms with E-state index in [9.17, 15) is 14.7 Å². The molecule has 2 heterocycles. The molecule has 1 N–H and O–H groups in total. The van der Waals surface area contributed by atoms with Crippen molar-refractivity contribution in [2.75, 3.05) is 19.1 Å². The third-order valence-electron chi connectivity index (χ3n) is 4.91. The first-order valence-electron chi connectivity index (χ1n) is 9.14. The Morgan fingerprint density at radius 3 is 2.42 bits per heavy atom. The summed E-state index contributed by atoms with van der Waals surface area (Å²) >= 11 is 7.16. The molecule has 1 aliphatic heterocycles.